The van der Waals surface area contributed by atoms with Crippen LogP contribution in [0.15, 0.2) is 58.5 Å². The molecule has 0 fully saturated rings. The third-order valence-electron chi connectivity index (χ3n) is 4.76. The first kappa shape index (κ1) is 18.4. The molecule has 2 aromatic carbocycles. The number of amidine groups is 2. The Hall–Kier alpha value is -2.93. The molecule has 6 nitrogen and oxygen atoms in total. The van der Waals surface area contributed by atoms with Gasteiger partial charge in [-0.3, -0.25) is 14.5 Å². The summed E-state index contributed by atoms with van der Waals surface area (Å²) >= 11 is 1.31. The minimum Gasteiger partial charge on any atom is -0.325 e. The molecule has 2 heterocycles. The number of nitrogens with one attached hydrogen (secondary N) is 1. The van der Waals surface area contributed by atoms with Crippen LogP contribution in [0, 0.1) is 0 Å². The van der Waals surface area contributed by atoms with Crippen LogP contribution in [0.5, 0.6) is 0 Å². The van der Waals surface area contributed by atoms with Crippen molar-refractivity contribution in [2.75, 3.05) is 11.1 Å². The van der Waals surface area contributed by atoms with Gasteiger partial charge in [0.15, 0.2) is 5.17 Å². The van der Waals surface area contributed by atoms with E-state index >= 15 is 0 Å². The SMILES string of the molecule is CCc1ccccc1NC(=O)CSC1=Nc2ccccc2C2=NC(=O)C(C)N12. The van der Waals surface area contributed by atoms with Crippen LogP contribution in [0.1, 0.15) is 25.0 Å². The van der Waals surface area contributed by atoms with E-state index in [1.165, 1.54) is 11.8 Å². The Labute approximate surface area is 167 Å². The van der Waals surface area contributed by atoms with Gasteiger partial charge < -0.3 is 5.32 Å². The van der Waals surface area contributed by atoms with Gasteiger partial charge in [-0.25, -0.2) is 4.99 Å². The Morgan fingerprint density at radius 3 is 2.71 bits per heavy atom. The molecule has 0 radical (unpaired) electrons. The van der Waals surface area contributed by atoms with Crippen LogP contribution in [0.3, 0.4) is 0 Å². The van der Waals surface area contributed by atoms with Crippen molar-refractivity contribution in [1.82, 2.24) is 4.90 Å². The molecule has 0 aliphatic carbocycles. The summed E-state index contributed by atoms with van der Waals surface area (Å²) in [5, 5.41) is 3.59. The van der Waals surface area contributed by atoms with E-state index in [0.29, 0.717) is 11.0 Å². The fourth-order valence-corrected chi connectivity index (χ4v) is 4.16. The summed E-state index contributed by atoms with van der Waals surface area (Å²) in [6.07, 6.45) is 0.848. The molecule has 0 spiro atoms. The van der Waals surface area contributed by atoms with Crippen LogP contribution in [-0.4, -0.2) is 39.5 Å². The quantitative estimate of drug-likeness (QED) is 0.863. The highest BCUT2D eigenvalue weighted by Gasteiger charge is 2.39. The average molecular weight is 392 g/mol. The molecule has 1 unspecified atom stereocenters. The zero-order valence-electron chi connectivity index (χ0n) is 15.7. The summed E-state index contributed by atoms with van der Waals surface area (Å²) in [7, 11) is 0. The molecule has 4 rings (SSSR count). The number of carbonyl (C=O) groups excluding carboxylic acids is 2. The summed E-state index contributed by atoms with van der Waals surface area (Å²) in [6, 6.07) is 15.0. The van der Waals surface area contributed by atoms with Gasteiger partial charge >= 0.3 is 0 Å². The summed E-state index contributed by atoms with van der Waals surface area (Å²) in [4.78, 5) is 35.4. The van der Waals surface area contributed by atoms with Crippen molar-refractivity contribution in [2.45, 2.75) is 26.3 Å². The Balaban J connectivity index is 1.53. The predicted octanol–water partition coefficient (Wildman–Crippen LogP) is 3.60. The second-order valence-electron chi connectivity index (χ2n) is 6.58. The standard InChI is InChI=1S/C21H20N4O2S/c1-3-14-8-4-6-10-16(14)22-18(26)12-28-21-23-17-11-7-5-9-15(17)19-24-20(27)13(2)25(19)21/h4-11,13H,3,12H2,1-2H3,(H,22,26). The lowest BCUT2D eigenvalue weighted by molar-refractivity contribution is -0.119. The van der Waals surface area contributed by atoms with Crippen molar-refractivity contribution in [3.63, 3.8) is 0 Å². The summed E-state index contributed by atoms with van der Waals surface area (Å²) < 4.78 is 0. The molecule has 0 aromatic heterocycles. The van der Waals surface area contributed by atoms with Gasteiger partial charge in [-0.15, -0.1) is 0 Å². The molecule has 1 N–H and O–H groups in total. The first-order valence-electron chi connectivity index (χ1n) is 9.19. The van der Waals surface area contributed by atoms with Crippen molar-refractivity contribution in [2.24, 2.45) is 9.98 Å². The zero-order chi connectivity index (χ0) is 19.7. The van der Waals surface area contributed by atoms with Crippen LogP contribution in [0.4, 0.5) is 11.4 Å². The third-order valence-corrected chi connectivity index (χ3v) is 5.71. The first-order chi connectivity index (χ1) is 13.6. The smallest absolute Gasteiger partial charge is 0.270 e. The molecule has 2 aliphatic heterocycles. The van der Waals surface area contributed by atoms with Gasteiger partial charge in [0.05, 0.1) is 11.4 Å². The molecule has 0 bridgehead atoms. The van der Waals surface area contributed by atoms with Crippen LogP contribution >= 0.6 is 11.8 Å². The third kappa shape index (κ3) is 3.33. The van der Waals surface area contributed by atoms with E-state index in [2.05, 4.69) is 22.2 Å². The highest BCUT2D eigenvalue weighted by atomic mass is 32.2. The van der Waals surface area contributed by atoms with Crippen LogP contribution < -0.4 is 5.32 Å². The Morgan fingerprint density at radius 1 is 1.14 bits per heavy atom. The van der Waals surface area contributed by atoms with Crippen LogP contribution in [0.2, 0.25) is 0 Å². The van der Waals surface area contributed by atoms with Gasteiger partial charge in [0.2, 0.25) is 5.91 Å². The summed E-state index contributed by atoms with van der Waals surface area (Å²) in [5.41, 5.74) is 3.53. The minimum atomic E-state index is -0.418. The normalized spacial score (nSPS) is 17.6. The summed E-state index contributed by atoms with van der Waals surface area (Å²) in [5.74, 6) is 0.511. The van der Waals surface area contributed by atoms with Gasteiger partial charge in [-0.2, -0.15) is 4.99 Å². The molecule has 2 aromatic rings. The van der Waals surface area contributed by atoms with E-state index in [1.54, 1.807) is 6.92 Å². The van der Waals surface area contributed by atoms with E-state index in [1.807, 2.05) is 53.4 Å². The Morgan fingerprint density at radius 2 is 1.89 bits per heavy atom. The van der Waals surface area contributed by atoms with E-state index in [4.69, 9.17) is 0 Å². The fraction of sp³-hybridized carbons (Fsp3) is 0.238. The minimum absolute atomic E-state index is 0.107. The zero-order valence-corrected chi connectivity index (χ0v) is 16.5. The highest BCUT2D eigenvalue weighted by Crippen LogP contribution is 2.33. The molecule has 1 atom stereocenters. The maximum atomic E-state index is 12.5. The van der Waals surface area contributed by atoms with E-state index < -0.39 is 6.04 Å². The average Bonchev–Trinajstić information content (AvgIpc) is 3.01. The monoisotopic (exact) mass is 392 g/mol. The fourth-order valence-electron chi connectivity index (χ4n) is 3.28. The number of nitrogens with zero attached hydrogens (tertiary/aromatic N) is 3. The molecule has 7 heteroatoms. The lowest BCUT2D eigenvalue weighted by atomic mass is 10.1. The number of thioether (sulfide) groups is 1. The second-order valence-corrected chi connectivity index (χ2v) is 7.52. The number of aryl methyl sites for hydroxylation is 1. The largest absolute Gasteiger partial charge is 0.325 e. The topological polar surface area (TPSA) is 74.1 Å². The number of rotatable bonds is 4. The molecule has 28 heavy (non-hydrogen) atoms. The lowest BCUT2D eigenvalue weighted by Crippen LogP contribution is -2.42. The number of hydrogen-bond donors (Lipinski definition) is 1. The highest BCUT2D eigenvalue weighted by molar-refractivity contribution is 8.14. The lowest BCUT2D eigenvalue weighted by Gasteiger charge is -2.29. The number of hydrogen-bond acceptors (Lipinski definition) is 5. The van der Waals surface area contributed by atoms with Gasteiger partial charge in [0, 0.05) is 11.3 Å². The van der Waals surface area contributed by atoms with Crippen molar-refractivity contribution in [3.05, 3.63) is 59.7 Å². The van der Waals surface area contributed by atoms with Crippen molar-refractivity contribution in [3.8, 4) is 0 Å². The maximum absolute atomic E-state index is 12.5. The van der Waals surface area contributed by atoms with Crippen molar-refractivity contribution in [1.29, 1.82) is 0 Å². The Bertz CT molecular complexity index is 1010. The molecular formula is C21H20N4O2S. The van der Waals surface area contributed by atoms with Gasteiger partial charge in [0.25, 0.3) is 5.91 Å². The molecule has 0 saturated heterocycles. The van der Waals surface area contributed by atoms with Crippen molar-refractivity contribution >= 4 is 46.0 Å². The number of aliphatic imine (C=N–C) groups is 2. The first-order valence-corrected chi connectivity index (χ1v) is 10.2. The number of para-hydroxylation sites is 2. The maximum Gasteiger partial charge on any atom is 0.270 e. The van der Waals surface area contributed by atoms with E-state index in [9.17, 15) is 9.59 Å². The van der Waals surface area contributed by atoms with Crippen LogP contribution in [-0.2, 0) is 16.0 Å². The van der Waals surface area contributed by atoms with Crippen molar-refractivity contribution < 1.29 is 9.59 Å². The van der Waals surface area contributed by atoms with E-state index in [-0.39, 0.29) is 17.6 Å². The van der Waals surface area contributed by atoms with Crippen LogP contribution in [0.25, 0.3) is 0 Å². The number of amides is 2. The number of carbonyl (C=O) groups is 2. The Kier molecular flexibility index (Phi) is 5.00. The molecule has 0 saturated carbocycles. The number of benzene rings is 2. The molecule has 142 valence electrons. The number of fused-ring (bicyclic) bond motifs is 3. The second kappa shape index (κ2) is 7.59. The van der Waals surface area contributed by atoms with Gasteiger partial charge in [-0.1, -0.05) is 49.0 Å². The van der Waals surface area contributed by atoms with Gasteiger partial charge in [0.1, 0.15) is 11.9 Å². The molecular weight excluding hydrogens is 372 g/mol. The summed E-state index contributed by atoms with van der Waals surface area (Å²) in [6.45, 7) is 3.86. The predicted molar refractivity (Wildman–Crippen MR) is 113 cm³/mol. The molecule has 2 aliphatic rings. The van der Waals surface area contributed by atoms with Gasteiger partial charge in [-0.05, 0) is 37.1 Å². The molecule has 2 amide bonds. The number of anilines is 1. The van der Waals surface area contributed by atoms with E-state index in [0.717, 1.165) is 28.9 Å².